The highest BCUT2D eigenvalue weighted by atomic mass is 32.2. The van der Waals surface area contributed by atoms with Crippen LogP contribution in [-0.4, -0.2) is 44.2 Å². The number of fused-ring (bicyclic) bond motifs is 2. The predicted molar refractivity (Wildman–Crippen MR) is 65.6 cm³/mol. The van der Waals surface area contributed by atoms with Crippen molar-refractivity contribution >= 4 is 20.2 Å². The van der Waals surface area contributed by atoms with Crippen molar-refractivity contribution in [2.45, 2.75) is 48.5 Å². The van der Waals surface area contributed by atoms with Gasteiger partial charge in [0.05, 0.1) is 5.25 Å². The number of hydrogen-bond donors (Lipinski definition) is 1. The highest BCUT2D eigenvalue weighted by Gasteiger charge is 2.66. The summed E-state index contributed by atoms with van der Waals surface area (Å²) in [7, 11) is -11.6. The van der Waals surface area contributed by atoms with Gasteiger partial charge in [0.1, 0.15) is 0 Å². The van der Waals surface area contributed by atoms with Crippen LogP contribution in [0.1, 0.15) is 25.7 Å². The lowest BCUT2D eigenvalue weighted by Gasteiger charge is -2.28. The Morgan fingerprint density at radius 2 is 1.57 bits per heavy atom. The van der Waals surface area contributed by atoms with E-state index in [2.05, 4.69) is 4.18 Å². The Labute approximate surface area is 128 Å². The molecular formula is C10H13F5O6S2. The molecular weight excluding hydrogens is 375 g/mol. The van der Waals surface area contributed by atoms with Crippen molar-refractivity contribution in [3.05, 3.63) is 0 Å². The molecule has 0 heterocycles. The minimum absolute atomic E-state index is 0.0188. The van der Waals surface area contributed by atoms with Crippen LogP contribution in [0.4, 0.5) is 22.0 Å². The molecule has 2 aliphatic carbocycles. The Morgan fingerprint density at radius 1 is 1.00 bits per heavy atom. The first kappa shape index (κ1) is 18.8. The standard InChI is InChI=1S/C10H13F5O6S2/c11-9(12,13)8(10(14,15)23(18,19)20)21-22(16,17)7-4-5-1-2-6(7)3-5/h5-8H,1-4H2,(H,18,19,20). The maximum Gasteiger partial charge on any atom is 0.423 e. The van der Waals surface area contributed by atoms with Gasteiger partial charge in [0, 0.05) is 0 Å². The van der Waals surface area contributed by atoms with Crippen LogP contribution in [0.5, 0.6) is 0 Å². The van der Waals surface area contributed by atoms with E-state index in [1.165, 1.54) is 0 Å². The molecule has 23 heavy (non-hydrogen) atoms. The Morgan fingerprint density at radius 3 is 1.91 bits per heavy atom. The predicted octanol–water partition coefficient (Wildman–Crippen LogP) is 1.93. The smallest absolute Gasteiger partial charge is 0.281 e. The first-order valence-electron chi connectivity index (χ1n) is 6.50. The maximum absolute atomic E-state index is 13.3. The van der Waals surface area contributed by atoms with E-state index in [4.69, 9.17) is 4.55 Å². The minimum Gasteiger partial charge on any atom is -0.281 e. The molecule has 2 fully saturated rings. The average molecular weight is 388 g/mol. The van der Waals surface area contributed by atoms with Gasteiger partial charge in [-0.2, -0.15) is 38.8 Å². The third kappa shape index (κ3) is 3.46. The molecule has 0 aliphatic heterocycles. The van der Waals surface area contributed by atoms with E-state index in [-0.39, 0.29) is 12.3 Å². The Kier molecular flexibility index (Phi) is 4.49. The van der Waals surface area contributed by atoms with Crippen molar-refractivity contribution in [2.24, 2.45) is 11.8 Å². The fourth-order valence-corrected chi connectivity index (χ4v) is 5.56. The maximum atomic E-state index is 13.3. The second-order valence-electron chi connectivity index (χ2n) is 5.76. The van der Waals surface area contributed by atoms with Gasteiger partial charge < -0.3 is 0 Å². The SMILES string of the molecule is O=S(=O)(OC(C(F)(F)F)C(F)(F)S(=O)(=O)O)C1CC2CCC1C2. The van der Waals surface area contributed by atoms with Crippen molar-refractivity contribution in [2.75, 3.05) is 0 Å². The zero-order valence-corrected chi connectivity index (χ0v) is 13.0. The molecule has 0 aromatic carbocycles. The lowest BCUT2D eigenvalue weighted by molar-refractivity contribution is -0.238. The van der Waals surface area contributed by atoms with Crippen LogP contribution in [-0.2, 0) is 24.4 Å². The molecule has 0 aromatic rings. The molecule has 6 nitrogen and oxygen atoms in total. The van der Waals surface area contributed by atoms with E-state index in [9.17, 15) is 38.8 Å². The Hall–Kier alpha value is -0.530. The van der Waals surface area contributed by atoms with Crippen LogP contribution in [0.3, 0.4) is 0 Å². The van der Waals surface area contributed by atoms with Crippen LogP contribution in [0, 0.1) is 11.8 Å². The monoisotopic (exact) mass is 388 g/mol. The third-order valence-corrected chi connectivity index (χ3v) is 6.90. The zero-order valence-electron chi connectivity index (χ0n) is 11.3. The Bertz CT molecular complexity index is 670. The molecule has 4 atom stereocenters. The average Bonchev–Trinajstić information content (AvgIpc) is 2.95. The second-order valence-corrected chi connectivity index (χ2v) is 9.04. The number of rotatable bonds is 5. The van der Waals surface area contributed by atoms with Gasteiger partial charge >= 0.3 is 21.5 Å². The molecule has 2 bridgehead atoms. The topological polar surface area (TPSA) is 97.7 Å². The summed E-state index contributed by atoms with van der Waals surface area (Å²) in [6.07, 6.45) is -8.99. The van der Waals surface area contributed by atoms with Crippen molar-refractivity contribution < 1.29 is 47.5 Å². The molecule has 2 saturated carbocycles. The zero-order chi connectivity index (χ0) is 17.8. The quantitative estimate of drug-likeness (QED) is 0.439. The van der Waals surface area contributed by atoms with Crippen LogP contribution >= 0.6 is 0 Å². The van der Waals surface area contributed by atoms with E-state index in [0.29, 0.717) is 19.3 Å². The van der Waals surface area contributed by atoms with E-state index < -0.39 is 48.9 Å². The van der Waals surface area contributed by atoms with Crippen LogP contribution < -0.4 is 0 Å². The molecule has 0 amide bonds. The van der Waals surface area contributed by atoms with E-state index >= 15 is 0 Å². The third-order valence-electron chi connectivity index (χ3n) is 4.22. The highest BCUT2D eigenvalue weighted by molar-refractivity contribution is 7.88. The van der Waals surface area contributed by atoms with Crippen LogP contribution in [0.2, 0.25) is 0 Å². The van der Waals surface area contributed by atoms with E-state index in [1.54, 1.807) is 0 Å². The van der Waals surface area contributed by atoms with E-state index in [0.717, 1.165) is 0 Å². The summed E-state index contributed by atoms with van der Waals surface area (Å²) in [5.41, 5.74) is 0. The highest BCUT2D eigenvalue weighted by Crippen LogP contribution is 2.49. The molecule has 0 aromatic heterocycles. The van der Waals surface area contributed by atoms with Gasteiger partial charge in [-0.25, -0.2) is 4.18 Å². The van der Waals surface area contributed by atoms with Gasteiger partial charge in [-0.05, 0) is 31.1 Å². The molecule has 136 valence electrons. The largest absolute Gasteiger partial charge is 0.423 e. The lowest BCUT2D eigenvalue weighted by Crippen LogP contribution is -2.53. The van der Waals surface area contributed by atoms with Crippen molar-refractivity contribution in [3.8, 4) is 0 Å². The Balaban J connectivity index is 2.32. The summed E-state index contributed by atoms with van der Waals surface area (Å²) in [5, 5.41) is -7.24. The summed E-state index contributed by atoms with van der Waals surface area (Å²) in [4.78, 5) is 0. The number of alkyl halides is 5. The van der Waals surface area contributed by atoms with Gasteiger partial charge in [-0.1, -0.05) is 6.42 Å². The number of hydrogen-bond acceptors (Lipinski definition) is 5. The summed E-state index contributed by atoms with van der Waals surface area (Å²) >= 11 is 0. The first-order valence-corrected chi connectivity index (χ1v) is 9.41. The summed E-state index contributed by atoms with van der Waals surface area (Å²) in [5.74, 6) is -0.534. The van der Waals surface area contributed by atoms with Crippen molar-refractivity contribution in [1.82, 2.24) is 0 Å². The fraction of sp³-hybridized carbons (Fsp3) is 1.00. The molecule has 2 aliphatic rings. The van der Waals surface area contributed by atoms with Crippen LogP contribution in [0.15, 0.2) is 0 Å². The van der Waals surface area contributed by atoms with Gasteiger partial charge in [0.2, 0.25) is 0 Å². The summed E-state index contributed by atoms with van der Waals surface area (Å²) in [6, 6.07) is 0. The second kappa shape index (κ2) is 5.49. The molecule has 13 heteroatoms. The molecule has 0 spiro atoms. The molecule has 4 unspecified atom stereocenters. The van der Waals surface area contributed by atoms with Crippen molar-refractivity contribution in [1.29, 1.82) is 0 Å². The normalized spacial score (nSPS) is 30.6. The molecule has 0 radical (unpaired) electrons. The number of halogens is 5. The first-order chi connectivity index (χ1) is 10.2. The molecule has 0 saturated heterocycles. The summed E-state index contributed by atoms with van der Waals surface area (Å²) in [6.45, 7) is 0. The van der Waals surface area contributed by atoms with Gasteiger partial charge in [-0.3, -0.25) is 4.55 Å². The van der Waals surface area contributed by atoms with Gasteiger partial charge in [0.25, 0.3) is 16.2 Å². The molecule has 2 rings (SSSR count). The van der Waals surface area contributed by atoms with Crippen molar-refractivity contribution in [3.63, 3.8) is 0 Å². The van der Waals surface area contributed by atoms with Gasteiger partial charge in [-0.15, -0.1) is 0 Å². The summed E-state index contributed by atoms with van der Waals surface area (Å²) < 4.78 is 122. The van der Waals surface area contributed by atoms with E-state index in [1.807, 2.05) is 0 Å². The minimum atomic E-state index is -6.53. The lowest BCUT2D eigenvalue weighted by atomic mass is 10.0. The molecule has 1 N–H and O–H groups in total. The van der Waals surface area contributed by atoms with Gasteiger partial charge in [0.15, 0.2) is 0 Å². The van der Waals surface area contributed by atoms with Crippen LogP contribution in [0.25, 0.3) is 0 Å². The fourth-order valence-electron chi connectivity index (χ4n) is 3.18.